The van der Waals surface area contributed by atoms with Gasteiger partial charge in [-0.05, 0) is 30.7 Å². The molecule has 0 saturated heterocycles. The van der Waals surface area contributed by atoms with Gasteiger partial charge in [0, 0.05) is 6.54 Å². The van der Waals surface area contributed by atoms with E-state index in [2.05, 4.69) is 22.9 Å². The third-order valence-corrected chi connectivity index (χ3v) is 4.62. The Bertz CT molecular complexity index is 720. The van der Waals surface area contributed by atoms with E-state index < -0.39 is 16.0 Å². The Labute approximate surface area is 148 Å². The van der Waals surface area contributed by atoms with Crippen LogP contribution in [0.5, 0.6) is 0 Å². The first-order valence-electron chi connectivity index (χ1n) is 7.87. The van der Waals surface area contributed by atoms with Crippen LogP contribution in [0.3, 0.4) is 0 Å². The van der Waals surface area contributed by atoms with Crippen molar-refractivity contribution in [1.82, 2.24) is 10.0 Å². The summed E-state index contributed by atoms with van der Waals surface area (Å²) >= 11 is 0. The SMILES string of the molecule is C#CCNS(=O)(=O)c1ccc(C(=O)OCC(=O)NCCCCC)cc1. The van der Waals surface area contributed by atoms with E-state index in [1.165, 1.54) is 24.3 Å². The van der Waals surface area contributed by atoms with Crippen molar-refractivity contribution in [2.45, 2.75) is 31.1 Å². The Morgan fingerprint density at radius 2 is 1.88 bits per heavy atom. The number of rotatable bonds is 10. The molecular formula is C17H22N2O5S. The van der Waals surface area contributed by atoms with Gasteiger partial charge < -0.3 is 10.1 Å². The Kier molecular flexibility index (Phi) is 8.67. The van der Waals surface area contributed by atoms with Crippen LogP contribution in [0.15, 0.2) is 29.2 Å². The minimum Gasteiger partial charge on any atom is -0.452 e. The van der Waals surface area contributed by atoms with E-state index in [9.17, 15) is 18.0 Å². The van der Waals surface area contributed by atoms with Crippen molar-refractivity contribution in [1.29, 1.82) is 0 Å². The first-order valence-corrected chi connectivity index (χ1v) is 9.36. The second-order valence-corrected chi connectivity index (χ2v) is 6.95. The molecule has 0 radical (unpaired) electrons. The van der Waals surface area contributed by atoms with Gasteiger partial charge in [-0.3, -0.25) is 4.79 Å². The topological polar surface area (TPSA) is 102 Å². The van der Waals surface area contributed by atoms with E-state index >= 15 is 0 Å². The molecule has 8 heteroatoms. The summed E-state index contributed by atoms with van der Waals surface area (Å²) in [6.07, 6.45) is 7.95. The minimum atomic E-state index is -3.71. The zero-order valence-corrected chi connectivity index (χ0v) is 14.9. The number of esters is 1. The van der Waals surface area contributed by atoms with Gasteiger partial charge in [0.05, 0.1) is 17.0 Å². The van der Waals surface area contributed by atoms with E-state index in [1.807, 2.05) is 0 Å². The second-order valence-electron chi connectivity index (χ2n) is 5.19. The maximum Gasteiger partial charge on any atom is 0.338 e. The van der Waals surface area contributed by atoms with Crippen LogP contribution < -0.4 is 10.0 Å². The summed E-state index contributed by atoms with van der Waals surface area (Å²) in [5.74, 6) is 1.09. The standard InChI is InChI=1S/C17H22N2O5S/c1-3-5-6-12-18-16(20)13-24-17(21)14-7-9-15(10-8-14)25(22,23)19-11-4-2/h2,7-10,19H,3,5-6,11-13H2,1H3,(H,18,20). The number of ether oxygens (including phenoxy) is 1. The molecule has 0 aliphatic carbocycles. The van der Waals surface area contributed by atoms with Crippen molar-refractivity contribution in [3.8, 4) is 12.3 Å². The lowest BCUT2D eigenvalue weighted by Gasteiger charge is -2.07. The number of benzene rings is 1. The molecule has 1 aromatic carbocycles. The largest absolute Gasteiger partial charge is 0.452 e. The van der Waals surface area contributed by atoms with E-state index in [0.29, 0.717) is 6.54 Å². The molecule has 1 aromatic rings. The molecule has 7 nitrogen and oxygen atoms in total. The first kappa shape index (κ1) is 20.7. The van der Waals surface area contributed by atoms with E-state index in [1.54, 1.807) is 0 Å². The Morgan fingerprint density at radius 1 is 1.20 bits per heavy atom. The van der Waals surface area contributed by atoms with Crippen LogP contribution >= 0.6 is 0 Å². The van der Waals surface area contributed by atoms with Crippen molar-refractivity contribution in [3.63, 3.8) is 0 Å². The van der Waals surface area contributed by atoms with Gasteiger partial charge in [0.1, 0.15) is 0 Å². The number of terminal acetylenes is 1. The summed E-state index contributed by atoms with van der Waals surface area (Å²) in [5, 5.41) is 2.65. The molecule has 1 rings (SSSR count). The summed E-state index contributed by atoms with van der Waals surface area (Å²) in [7, 11) is -3.71. The molecule has 0 aromatic heterocycles. The van der Waals surface area contributed by atoms with Gasteiger partial charge in [0.2, 0.25) is 10.0 Å². The molecule has 0 heterocycles. The van der Waals surface area contributed by atoms with Gasteiger partial charge >= 0.3 is 5.97 Å². The number of nitrogens with one attached hydrogen (secondary N) is 2. The minimum absolute atomic E-state index is 0.0204. The first-order chi connectivity index (χ1) is 11.9. The molecule has 0 aliphatic rings. The van der Waals surface area contributed by atoms with E-state index in [-0.39, 0.29) is 29.5 Å². The van der Waals surface area contributed by atoms with Crippen LogP contribution in [-0.4, -0.2) is 40.0 Å². The summed E-state index contributed by atoms with van der Waals surface area (Å²) in [4.78, 5) is 23.4. The number of hydrogen-bond donors (Lipinski definition) is 2. The molecule has 0 atom stereocenters. The molecule has 0 fully saturated rings. The third kappa shape index (κ3) is 7.37. The quantitative estimate of drug-likeness (QED) is 0.366. The maximum atomic E-state index is 11.9. The highest BCUT2D eigenvalue weighted by Gasteiger charge is 2.15. The molecule has 136 valence electrons. The average molecular weight is 366 g/mol. The lowest BCUT2D eigenvalue weighted by atomic mass is 10.2. The number of hydrogen-bond acceptors (Lipinski definition) is 5. The van der Waals surface area contributed by atoms with Gasteiger partial charge in [0.15, 0.2) is 6.61 Å². The Balaban J connectivity index is 2.52. The number of amides is 1. The molecule has 0 spiro atoms. The third-order valence-electron chi connectivity index (χ3n) is 3.20. The van der Waals surface area contributed by atoms with Crippen LogP contribution in [-0.2, 0) is 19.6 Å². The smallest absolute Gasteiger partial charge is 0.338 e. The Hall–Kier alpha value is -2.37. The highest BCUT2D eigenvalue weighted by Crippen LogP contribution is 2.11. The number of carbonyl (C=O) groups excluding carboxylic acids is 2. The van der Waals surface area contributed by atoms with Crippen molar-refractivity contribution in [2.24, 2.45) is 0 Å². The van der Waals surface area contributed by atoms with Crippen molar-refractivity contribution >= 4 is 21.9 Å². The monoisotopic (exact) mass is 366 g/mol. The predicted octanol–water partition coefficient (Wildman–Crippen LogP) is 1.06. The van der Waals surface area contributed by atoms with Gasteiger partial charge in [-0.25, -0.2) is 13.2 Å². The van der Waals surface area contributed by atoms with E-state index in [0.717, 1.165) is 19.3 Å². The number of unbranched alkanes of at least 4 members (excludes halogenated alkanes) is 2. The van der Waals surface area contributed by atoms with Crippen LogP contribution in [0, 0.1) is 12.3 Å². The second kappa shape index (κ2) is 10.5. The fourth-order valence-corrected chi connectivity index (χ4v) is 2.79. The molecule has 0 saturated carbocycles. The summed E-state index contributed by atoms with van der Waals surface area (Å²) in [5.41, 5.74) is 0.148. The van der Waals surface area contributed by atoms with Crippen molar-refractivity contribution in [2.75, 3.05) is 19.7 Å². The number of carbonyl (C=O) groups is 2. The van der Waals surface area contributed by atoms with Gasteiger partial charge in [-0.2, -0.15) is 4.72 Å². The lowest BCUT2D eigenvalue weighted by Crippen LogP contribution is -2.29. The molecule has 0 bridgehead atoms. The van der Waals surface area contributed by atoms with Crippen LogP contribution in [0.1, 0.15) is 36.5 Å². The maximum absolute atomic E-state index is 11.9. The van der Waals surface area contributed by atoms with Crippen LogP contribution in [0.2, 0.25) is 0 Å². The molecule has 1 amide bonds. The fraction of sp³-hybridized carbons (Fsp3) is 0.412. The lowest BCUT2D eigenvalue weighted by molar-refractivity contribution is -0.124. The molecule has 0 unspecified atom stereocenters. The molecular weight excluding hydrogens is 344 g/mol. The van der Waals surface area contributed by atoms with Gasteiger partial charge in [-0.1, -0.05) is 25.7 Å². The van der Waals surface area contributed by atoms with Crippen molar-refractivity contribution < 1.29 is 22.7 Å². The van der Waals surface area contributed by atoms with Crippen molar-refractivity contribution in [3.05, 3.63) is 29.8 Å². The fourth-order valence-electron chi connectivity index (χ4n) is 1.86. The highest BCUT2D eigenvalue weighted by molar-refractivity contribution is 7.89. The number of sulfonamides is 1. The van der Waals surface area contributed by atoms with Gasteiger partial charge in [0.25, 0.3) is 5.91 Å². The van der Waals surface area contributed by atoms with Gasteiger partial charge in [-0.15, -0.1) is 6.42 Å². The summed E-state index contributed by atoms with van der Waals surface area (Å²) < 4.78 is 30.8. The normalized spacial score (nSPS) is 10.7. The molecule has 25 heavy (non-hydrogen) atoms. The molecule has 2 N–H and O–H groups in total. The Morgan fingerprint density at radius 3 is 2.48 bits per heavy atom. The zero-order valence-electron chi connectivity index (χ0n) is 14.1. The van der Waals surface area contributed by atoms with Crippen LogP contribution in [0.25, 0.3) is 0 Å². The van der Waals surface area contributed by atoms with Crippen LogP contribution in [0.4, 0.5) is 0 Å². The summed E-state index contributed by atoms with van der Waals surface area (Å²) in [6.45, 7) is 2.10. The highest BCUT2D eigenvalue weighted by atomic mass is 32.2. The average Bonchev–Trinajstić information content (AvgIpc) is 2.61. The predicted molar refractivity (Wildman–Crippen MR) is 93.3 cm³/mol. The molecule has 0 aliphatic heterocycles. The van der Waals surface area contributed by atoms with E-state index in [4.69, 9.17) is 11.2 Å². The zero-order chi connectivity index (χ0) is 18.7. The summed E-state index contributed by atoms with van der Waals surface area (Å²) in [6, 6.07) is 5.15.